The quantitative estimate of drug-likeness (QED) is 0.0193. The molecule has 0 fully saturated rings. The number of nitrogens with one attached hydrogen (secondary N) is 1. The number of benzene rings is 3. The van der Waals surface area contributed by atoms with E-state index in [0.29, 0.717) is 16.7 Å². The van der Waals surface area contributed by atoms with E-state index in [2.05, 4.69) is 73.0 Å². The molecule has 0 spiro atoms. The summed E-state index contributed by atoms with van der Waals surface area (Å²) < 4.78 is 13.9. The Bertz CT molecular complexity index is 2340. The van der Waals surface area contributed by atoms with Crippen molar-refractivity contribution in [1.82, 2.24) is 19.7 Å². The zero-order chi connectivity index (χ0) is 43.0. The van der Waals surface area contributed by atoms with E-state index >= 15 is 0 Å². The Balaban J connectivity index is 0.000000415. The minimum absolute atomic E-state index is 0. The molecule has 6 aromatic rings. The van der Waals surface area contributed by atoms with Crippen molar-refractivity contribution in [3.05, 3.63) is 160 Å². The van der Waals surface area contributed by atoms with Gasteiger partial charge in [0.05, 0.1) is 29.9 Å². The molecule has 59 heavy (non-hydrogen) atoms. The fraction of sp³-hybridized carbons (Fsp3) is 0.132. The summed E-state index contributed by atoms with van der Waals surface area (Å²) in [6.45, 7) is 3.78. The second-order valence-corrected chi connectivity index (χ2v) is 13.8. The fourth-order valence-electron chi connectivity index (χ4n) is 4.30. The molecule has 0 bridgehead atoms. The molecule has 0 aliphatic rings. The number of anilines is 2. The van der Waals surface area contributed by atoms with E-state index in [0.717, 1.165) is 30.1 Å². The molecule has 0 saturated heterocycles. The van der Waals surface area contributed by atoms with Gasteiger partial charge in [-0.25, -0.2) is 19.4 Å². The van der Waals surface area contributed by atoms with Gasteiger partial charge in [-0.2, -0.15) is 5.10 Å². The van der Waals surface area contributed by atoms with Gasteiger partial charge < -0.3 is 30.7 Å². The molecular formula is C38H35Br3ClN8NaO8. The maximum Gasteiger partial charge on any atom is 1.00 e. The molecule has 0 saturated carbocycles. The van der Waals surface area contributed by atoms with E-state index in [4.69, 9.17) is 38.0 Å². The summed E-state index contributed by atoms with van der Waals surface area (Å²) in [5.74, 6) is 3.47. The number of carbonyl (C=O) groups is 3. The molecule has 3 heterocycles. The molecule has 5 N–H and O–H groups in total. The van der Waals surface area contributed by atoms with Crippen LogP contribution in [0.4, 0.5) is 11.4 Å². The maximum atomic E-state index is 12.5. The van der Waals surface area contributed by atoms with Crippen molar-refractivity contribution in [3.63, 3.8) is 0 Å². The average Bonchev–Trinajstić information content (AvgIpc) is 3.19. The summed E-state index contributed by atoms with van der Waals surface area (Å²) in [5, 5.41) is 13.6. The third-order valence-corrected chi connectivity index (χ3v) is 8.46. The van der Waals surface area contributed by atoms with Crippen molar-refractivity contribution in [2.45, 2.75) is 20.3 Å². The van der Waals surface area contributed by atoms with Gasteiger partial charge in [-0.15, -0.1) is 5.34 Å². The van der Waals surface area contributed by atoms with Gasteiger partial charge in [-0.3, -0.25) is 20.2 Å². The fourth-order valence-corrected chi connectivity index (χ4v) is 5.73. The van der Waals surface area contributed by atoms with Gasteiger partial charge in [-0.05, 0) is 92.7 Å². The zero-order valence-electron chi connectivity index (χ0n) is 31.7. The minimum atomic E-state index is -0.744. The molecule has 0 unspecified atom stereocenters. The number of ketones is 1. The number of fused-ring (bicyclic) bond motifs is 1. The number of Topliss-reactive ketones (excluding diaryl/α,β-unsaturated/α-hetero) is 1. The van der Waals surface area contributed by atoms with Crippen molar-refractivity contribution in [3.8, 4) is 5.69 Å². The van der Waals surface area contributed by atoms with E-state index in [1.165, 1.54) is 16.9 Å². The Labute approximate surface area is 390 Å². The molecule has 3 aromatic carbocycles. The summed E-state index contributed by atoms with van der Waals surface area (Å²) >= 11 is 15.7. The number of ether oxygens (including phenoxy) is 2. The number of aromatic nitrogens is 4. The van der Waals surface area contributed by atoms with E-state index in [9.17, 15) is 19.2 Å². The number of hydrogen-bond acceptors (Lipinski definition) is 15. The van der Waals surface area contributed by atoms with E-state index in [1.54, 1.807) is 38.2 Å². The van der Waals surface area contributed by atoms with Crippen LogP contribution in [0.5, 0.6) is 0 Å². The van der Waals surface area contributed by atoms with E-state index in [-0.39, 0.29) is 71.4 Å². The summed E-state index contributed by atoms with van der Waals surface area (Å²) in [7, 11) is 0. The van der Waals surface area contributed by atoms with Crippen LogP contribution in [0, 0.1) is 10.1 Å². The van der Waals surface area contributed by atoms with Crippen LogP contribution in [0.2, 0.25) is 5.15 Å². The smallest absolute Gasteiger partial charge is 0.466 e. The van der Waals surface area contributed by atoms with Crippen LogP contribution < -0.4 is 52.0 Å². The Morgan fingerprint density at radius 2 is 1.42 bits per heavy atom. The monoisotopic (exact) mass is 1030 g/mol. The average molecular weight is 1030 g/mol. The Morgan fingerprint density at radius 3 is 1.95 bits per heavy atom. The summed E-state index contributed by atoms with van der Waals surface area (Å²) in [6.07, 6.45) is 2.74. The van der Waals surface area contributed by atoms with Gasteiger partial charge in [0.15, 0.2) is 11.4 Å². The third kappa shape index (κ3) is 18.5. The molecule has 6 rings (SSSR count). The number of esters is 2. The van der Waals surface area contributed by atoms with Crippen molar-refractivity contribution in [2.24, 2.45) is 11.2 Å². The molecule has 16 nitrogen and oxygen atoms in total. The summed E-state index contributed by atoms with van der Waals surface area (Å²) in [6, 6.07) is 28.9. The molecule has 0 aliphatic heterocycles. The van der Waals surface area contributed by atoms with E-state index < -0.39 is 17.4 Å². The number of nitrogens with zero attached hydrogens (tertiary/aromatic N) is 5. The molecule has 0 radical (unpaired) electrons. The van der Waals surface area contributed by atoms with Crippen LogP contribution in [0.25, 0.3) is 16.7 Å². The minimum Gasteiger partial charge on any atom is -0.466 e. The molecule has 0 amide bonds. The first-order chi connectivity index (χ1) is 27.8. The van der Waals surface area contributed by atoms with Gasteiger partial charge in [0.25, 0.3) is 0 Å². The molecular weight excluding hydrogens is 995 g/mol. The van der Waals surface area contributed by atoms with Crippen molar-refractivity contribution >= 4 is 99.5 Å². The van der Waals surface area contributed by atoms with Gasteiger partial charge in [0.1, 0.15) is 11.6 Å². The Morgan fingerprint density at radius 1 is 0.847 bits per heavy atom. The van der Waals surface area contributed by atoms with Crippen LogP contribution in [0.3, 0.4) is 0 Å². The predicted octanol–water partition coefficient (Wildman–Crippen LogP) is 5.61. The van der Waals surface area contributed by atoms with Crippen LogP contribution >= 0.6 is 59.4 Å². The number of hydrogen-bond donors (Lipinski definition) is 3. The first-order valence-corrected chi connectivity index (χ1v) is 19.3. The summed E-state index contributed by atoms with van der Waals surface area (Å²) in [5.41, 5.74) is 10.2. The third-order valence-electron chi connectivity index (χ3n) is 6.68. The largest absolute Gasteiger partial charge is 1.00 e. The standard InChI is InChI=1S/C16H12BrN3O3.C10H10ClNO3.C6H7BrN2.C6H6BrN.HNO2.Na/c1-2-23-16(22)13-14(21)12-7-4-8-18-15(12)20(19-13)11-6-3-5-10(17)9-11;1-2-15-9(14)6-8(13)7-4-3-5-12-10(7)11;7-5-2-1-3-6(4-5)9-8;7-5-2-1-3-6(8)4-5;2-1-3;/h3-9H,2H2,1H3;3-5H,2,6H2,1H3;1-4,9H,8H2;1-4H,8H2;(H,2,3);/q;;;;;+1/p-1. The number of nitrogens with two attached hydrogens (primary N) is 2. The first-order valence-electron chi connectivity index (χ1n) is 16.6. The second-order valence-electron chi connectivity index (χ2n) is 10.7. The van der Waals surface area contributed by atoms with E-state index in [1.807, 2.05) is 72.8 Å². The summed E-state index contributed by atoms with van der Waals surface area (Å²) in [4.78, 5) is 63.0. The topological polar surface area (TPSA) is 247 Å². The van der Waals surface area contributed by atoms with Crippen LogP contribution in [-0.4, -0.2) is 50.7 Å². The molecule has 0 aliphatic carbocycles. The van der Waals surface area contributed by atoms with Crippen LogP contribution in [-0.2, 0) is 14.3 Å². The molecule has 304 valence electrons. The molecule has 0 atom stereocenters. The number of hydrazine groups is 1. The zero-order valence-corrected chi connectivity index (χ0v) is 39.2. The SMILES string of the molecule is CCOC(=O)CC(=O)c1cccnc1Cl.CCOC(=O)c1nn(-c2cccc(Br)c2)c2ncccc2c1=O.NNc1cccc(Br)c1.Nc1cccc(Br)c1.O=N[O-].[Na+]. The number of carbonyl (C=O) groups excluding carboxylic acids is 3. The van der Waals surface area contributed by atoms with Crippen LogP contribution in [0.15, 0.2) is 133 Å². The van der Waals surface area contributed by atoms with Gasteiger partial charge in [0.2, 0.25) is 11.1 Å². The number of pyridine rings is 2. The predicted molar refractivity (Wildman–Crippen MR) is 233 cm³/mol. The first kappa shape index (κ1) is 52.4. The maximum absolute atomic E-state index is 12.5. The number of rotatable bonds is 8. The van der Waals surface area contributed by atoms with Crippen LogP contribution in [0.1, 0.15) is 41.1 Å². The van der Waals surface area contributed by atoms with Gasteiger partial charge >= 0.3 is 41.5 Å². The van der Waals surface area contributed by atoms with Gasteiger partial charge in [-0.1, -0.05) is 77.6 Å². The van der Waals surface area contributed by atoms with Gasteiger partial charge in [0, 0.05) is 37.2 Å². The second kappa shape index (κ2) is 28.8. The van der Waals surface area contributed by atoms with Crippen molar-refractivity contribution in [1.29, 1.82) is 0 Å². The molecule has 3 aromatic heterocycles. The normalized spacial score (nSPS) is 9.47. The Kier molecular flexibility index (Phi) is 25.6. The molecule has 21 heteroatoms. The Hall–Kier alpha value is -4.60. The van der Waals surface area contributed by atoms with Crippen molar-refractivity contribution < 1.29 is 53.4 Å². The number of halogens is 4. The number of nitrogen functional groups attached to an aromatic ring is 2. The van der Waals surface area contributed by atoms with Crippen molar-refractivity contribution in [2.75, 3.05) is 24.4 Å².